The van der Waals surface area contributed by atoms with Crippen LogP contribution < -0.4 is 9.46 Å². The van der Waals surface area contributed by atoms with Gasteiger partial charge in [0.1, 0.15) is 23.2 Å². The number of ether oxygens (including phenoxy) is 1. The maximum absolute atomic E-state index is 14.6. The van der Waals surface area contributed by atoms with Crippen molar-refractivity contribution in [2.75, 3.05) is 26.0 Å². The van der Waals surface area contributed by atoms with Crippen molar-refractivity contribution in [3.05, 3.63) is 63.4 Å². The summed E-state index contributed by atoms with van der Waals surface area (Å²) in [6.45, 7) is 2.33. The van der Waals surface area contributed by atoms with E-state index in [0.717, 1.165) is 62.4 Å². The van der Waals surface area contributed by atoms with Crippen molar-refractivity contribution in [2.24, 2.45) is 5.92 Å². The lowest BCUT2D eigenvalue weighted by Gasteiger charge is -2.32. The van der Waals surface area contributed by atoms with E-state index in [1.807, 2.05) is 0 Å². The Morgan fingerprint density at radius 3 is 2.48 bits per heavy atom. The molecular weight excluding hydrogens is 473 g/mol. The van der Waals surface area contributed by atoms with E-state index >= 15 is 0 Å². The first-order valence-corrected chi connectivity index (χ1v) is 12.6. The third-order valence-electron chi connectivity index (χ3n) is 6.22. The fourth-order valence-corrected chi connectivity index (χ4v) is 4.66. The minimum absolute atomic E-state index is 0.0417. The second-order valence-electron chi connectivity index (χ2n) is 8.67. The molecule has 0 spiro atoms. The molecule has 0 atom stereocenters. The standard InChI is InChI=1S/C24H26ClF3N2O2S/c1-33-29-24(31)18-9-17(15-2-3-15)23(11-21(18)27)32-13-14-4-6-30(7-5-14)12-16-8-19(25)22(28)10-20(16)26/h8-11,14-15H,2-7,12-13H2,1H3,(H,29,31). The van der Waals surface area contributed by atoms with Crippen molar-refractivity contribution in [3.63, 3.8) is 0 Å². The van der Waals surface area contributed by atoms with E-state index < -0.39 is 23.4 Å². The van der Waals surface area contributed by atoms with E-state index in [9.17, 15) is 18.0 Å². The zero-order chi connectivity index (χ0) is 23.5. The molecule has 4 rings (SSSR count). The molecule has 1 saturated carbocycles. The number of carbonyl (C=O) groups is 1. The van der Waals surface area contributed by atoms with Crippen LogP contribution in [0.25, 0.3) is 0 Å². The lowest BCUT2D eigenvalue weighted by molar-refractivity contribution is 0.0980. The zero-order valence-corrected chi connectivity index (χ0v) is 19.9. The number of nitrogens with one attached hydrogen (secondary N) is 1. The van der Waals surface area contributed by atoms with Gasteiger partial charge in [-0.15, -0.1) is 0 Å². The Bertz CT molecular complexity index is 1030. The molecule has 0 radical (unpaired) electrons. The molecule has 178 valence electrons. The Labute approximate surface area is 200 Å². The lowest BCUT2D eigenvalue weighted by atomic mass is 9.97. The van der Waals surface area contributed by atoms with Crippen LogP contribution >= 0.6 is 23.5 Å². The number of piperidine rings is 1. The molecule has 1 N–H and O–H groups in total. The number of rotatable bonds is 8. The first-order chi connectivity index (χ1) is 15.9. The van der Waals surface area contributed by atoms with Gasteiger partial charge < -0.3 is 4.74 Å². The quantitative estimate of drug-likeness (QED) is 0.361. The van der Waals surface area contributed by atoms with Crippen LogP contribution in [0.15, 0.2) is 24.3 Å². The topological polar surface area (TPSA) is 41.6 Å². The molecule has 0 bridgehead atoms. The van der Waals surface area contributed by atoms with Crippen molar-refractivity contribution >= 4 is 29.5 Å². The Hall–Kier alpha value is -1.90. The van der Waals surface area contributed by atoms with Crippen LogP contribution in [0.3, 0.4) is 0 Å². The van der Waals surface area contributed by atoms with Crippen LogP contribution in [0.2, 0.25) is 5.02 Å². The van der Waals surface area contributed by atoms with E-state index in [1.165, 1.54) is 12.1 Å². The smallest absolute Gasteiger partial charge is 0.264 e. The SMILES string of the molecule is CSNC(=O)c1cc(C2CC2)c(OCC2CCN(Cc3cc(Cl)c(F)cc3F)CC2)cc1F. The van der Waals surface area contributed by atoms with Crippen LogP contribution in [0.5, 0.6) is 5.75 Å². The van der Waals surface area contributed by atoms with E-state index in [1.54, 1.807) is 12.3 Å². The molecular formula is C24H26ClF3N2O2S. The Balaban J connectivity index is 1.34. The predicted octanol–water partition coefficient (Wildman–Crippen LogP) is 5.93. The van der Waals surface area contributed by atoms with Crippen LogP contribution in [-0.2, 0) is 6.54 Å². The van der Waals surface area contributed by atoms with Crippen molar-refractivity contribution in [2.45, 2.75) is 38.1 Å². The fourth-order valence-electron chi connectivity index (χ4n) is 4.18. The van der Waals surface area contributed by atoms with Crippen LogP contribution in [-0.4, -0.2) is 36.8 Å². The minimum atomic E-state index is -0.756. The zero-order valence-electron chi connectivity index (χ0n) is 18.3. The molecule has 0 aromatic heterocycles. The monoisotopic (exact) mass is 498 g/mol. The predicted molar refractivity (Wildman–Crippen MR) is 124 cm³/mol. The number of nitrogens with zero attached hydrogens (tertiary/aromatic N) is 1. The van der Waals surface area contributed by atoms with Crippen LogP contribution in [0, 0.1) is 23.4 Å². The van der Waals surface area contributed by atoms with Gasteiger partial charge in [-0.2, -0.15) is 0 Å². The highest BCUT2D eigenvalue weighted by molar-refractivity contribution is 7.97. The summed E-state index contributed by atoms with van der Waals surface area (Å²) in [6, 6.07) is 5.13. The highest BCUT2D eigenvalue weighted by Gasteiger charge is 2.30. The Kier molecular flexibility index (Phi) is 7.76. The van der Waals surface area contributed by atoms with E-state index in [-0.39, 0.29) is 16.5 Å². The van der Waals surface area contributed by atoms with Gasteiger partial charge in [-0.05, 0) is 68.3 Å². The summed E-state index contributed by atoms with van der Waals surface area (Å²) in [7, 11) is 0. The lowest BCUT2D eigenvalue weighted by Crippen LogP contribution is -2.35. The molecule has 1 saturated heterocycles. The summed E-state index contributed by atoms with van der Waals surface area (Å²) in [4.78, 5) is 14.2. The molecule has 1 heterocycles. The average Bonchev–Trinajstić information content (AvgIpc) is 3.62. The highest BCUT2D eigenvalue weighted by atomic mass is 35.5. The molecule has 2 fully saturated rings. The molecule has 1 aliphatic carbocycles. The van der Waals surface area contributed by atoms with E-state index in [0.29, 0.717) is 30.4 Å². The van der Waals surface area contributed by atoms with Crippen molar-refractivity contribution in [3.8, 4) is 5.75 Å². The number of hydrogen-bond donors (Lipinski definition) is 1. The number of amides is 1. The Morgan fingerprint density at radius 2 is 1.82 bits per heavy atom. The molecule has 9 heteroatoms. The molecule has 2 aromatic rings. The van der Waals surface area contributed by atoms with Gasteiger partial charge in [0.15, 0.2) is 0 Å². The fraction of sp³-hybridized carbons (Fsp3) is 0.458. The normalized spacial score (nSPS) is 17.2. The van der Waals surface area contributed by atoms with Gasteiger partial charge in [0.25, 0.3) is 5.91 Å². The maximum atomic E-state index is 14.6. The van der Waals surface area contributed by atoms with Gasteiger partial charge in [-0.1, -0.05) is 23.5 Å². The van der Waals surface area contributed by atoms with Gasteiger partial charge in [0.05, 0.1) is 17.2 Å². The van der Waals surface area contributed by atoms with Gasteiger partial charge >= 0.3 is 0 Å². The number of likely N-dealkylation sites (tertiary alicyclic amines) is 1. The van der Waals surface area contributed by atoms with Crippen molar-refractivity contribution in [1.29, 1.82) is 0 Å². The third kappa shape index (κ3) is 5.97. The average molecular weight is 499 g/mol. The van der Waals surface area contributed by atoms with Crippen LogP contribution in [0.1, 0.15) is 53.1 Å². The van der Waals surface area contributed by atoms with Gasteiger partial charge in [-0.3, -0.25) is 14.4 Å². The molecule has 1 aliphatic heterocycles. The second kappa shape index (κ2) is 10.6. The number of carbonyl (C=O) groups excluding carboxylic acids is 1. The summed E-state index contributed by atoms with van der Waals surface area (Å²) in [5, 5.41) is -0.0784. The van der Waals surface area contributed by atoms with Gasteiger partial charge in [0, 0.05) is 30.5 Å². The summed E-state index contributed by atoms with van der Waals surface area (Å²) in [6.07, 6.45) is 5.44. The molecule has 4 nitrogen and oxygen atoms in total. The molecule has 0 unspecified atom stereocenters. The largest absolute Gasteiger partial charge is 0.493 e. The van der Waals surface area contributed by atoms with Gasteiger partial charge in [-0.25, -0.2) is 13.2 Å². The minimum Gasteiger partial charge on any atom is -0.493 e. The van der Waals surface area contributed by atoms with E-state index in [4.69, 9.17) is 16.3 Å². The summed E-state index contributed by atoms with van der Waals surface area (Å²) in [5.74, 6) is -1.27. The second-order valence-corrected chi connectivity index (χ2v) is 9.69. The number of halogens is 4. The Morgan fingerprint density at radius 1 is 1.09 bits per heavy atom. The number of hydrogen-bond acceptors (Lipinski definition) is 4. The van der Waals surface area contributed by atoms with E-state index in [2.05, 4.69) is 9.62 Å². The molecule has 1 amide bonds. The van der Waals surface area contributed by atoms with Crippen molar-refractivity contribution < 1.29 is 22.7 Å². The highest BCUT2D eigenvalue weighted by Crippen LogP contribution is 2.45. The summed E-state index contributed by atoms with van der Waals surface area (Å²) >= 11 is 6.93. The third-order valence-corrected chi connectivity index (χ3v) is 6.90. The molecule has 2 aromatic carbocycles. The first kappa shape index (κ1) is 24.2. The first-order valence-electron chi connectivity index (χ1n) is 11.0. The van der Waals surface area contributed by atoms with Gasteiger partial charge in [0.2, 0.25) is 0 Å². The summed E-state index contributed by atoms with van der Waals surface area (Å²) in [5.41, 5.74) is 1.31. The van der Waals surface area contributed by atoms with Crippen LogP contribution in [0.4, 0.5) is 13.2 Å². The number of benzene rings is 2. The summed E-state index contributed by atoms with van der Waals surface area (Å²) < 4.78 is 50.6. The molecule has 2 aliphatic rings. The van der Waals surface area contributed by atoms with Crippen molar-refractivity contribution in [1.82, 2.24) is 9.62 Å². The molecule has 33 heavy (non-hydrogen) atoms. The maximum Gasteiger partial charge on any atom is 0.264 e.